The number of aryl methyl sites for hydroxylation is 2. The molecule has 0 saturated heterocycles. The van der Waals surface area contributed by atoms with E-state index in [0.717, 1.165) is 10.4 Å². The fourth-order valence-electron chi connectivity index (χ4n) is 2.06. The van der Waals surface area contributed by atoms with Crippen LogP contribution in [0.5, 0.6) is 0 Å². The first-order chi connectivity index (χ1) is 9.60. The lowest BCUT2D eigenvalue weighted by atomic mass is 10.0. The molecule has 2 atom stereocenters. The third kappa shape index (κ3) is 5.73. The van der Waals surface area contributed by atoms with Gasteiger partial charge in [0.15, 0.2) is 0 Å². The number of nitrogens with one attached hydrogen (secondary N) is 2. The minimum Gasteiger partial charge on any atom is -0.481 e. The summed E-state index contributed by atoms with van der Waals surface area (Å²) in [7, 11) is 0. The molecule has 0 fully saturated rings. The van der Waals surface area contributed by atoms with Gasteiger partial charge < -0.3 is 20.8 Å². The molecular formula is C14H22N2O4S. The van der Waals surface area contributed by atoms with Gasteiger partial charge in [-0.3, -0.25) is 4.79 Å². The van der Waals surface area contributed by atoms with Gasteiger partial charge in [-0.2, -0.15) is 0 Å². The predicted octanol–water partition coefficient (Wildman–Crippen LogP) is 1.95. The van der Waals surface area contributed by atoms with Gasteiger partial charge in [0.1, 0.15) is 0 Å². The largest absolute Gasteiger partial charge is 0.481 e. The zero-order chi connectivity index (χ0) is 16.2. The smallest absolute Gasteiger partial charge is 0.315 e. The second kappa shape index (κ2) is 6.91. The molecule has 1 aromatic heterocycles. The molecule has 0 aliphatic rings. The molecule has 0 spiro atoms. The number of aliphatic hydroxyl groups is 1. The maximum absolute atomic E-state index is 11.8. The van der Waals surface area contributed by atoms with E-state index in [1.165, 1.54) is 11.8 Å². The van der Waals surface area contributed by atoms with Crippen molar-refractivity contribution in [3.05, 3.63) is 21.4 Å². The lowest BCUT2D eigenvalue weighted by Crippen LogP contribution is -2.46. The van der Waals surface area contributed by atoms with E-state index < -0.39 is 24.0 Å². The summed E-state index contributed by atoms with van der Waals surface area (Å²) in [6, 6.07) is 1.45. The predicted molar refractivity (Wildman–Crippen MR) is 81.6 cm³/mol. The third-order valence-electron chi connectivity index (χ3n) is 3.06. The van der Waals surface area contributed by atoms with Gasteiger partial charge in [-0.05, 0) is 39.3 Å². The van der Waals surface area contributed by atoms with Gasteiger partial charge in [-0.15, -0.1) is 11.3 Å². The maximum Gasteiger partial charge on any atom is 0.315 e. The first-order valence-corrected chi connectivity index (χ1v) is 7.48. The van der Waals surface area contributed by atoms with Crippen LogP contribution in [-0.4, -0.2) is 34.4 Å². The number of carboxylic acid groups (broad SMARTS) is 1. The van der Waals surface area contributed by atoms with Gasteiger partial charge in [0.25, 0.3) is 0 Å². The normalized spacial score (nSPS) is 15.1. The number of urea groups is 1. The van der Waals surface area contributed by atoms with Crippen LogP contribution in [0.1, 0.15) is 41.6 Å². The molecule has 0 aliphatic heterocycles. The average molecular weight is 314 g/mol. The SMILES string of the molecule is Cc1cc(C(C)NC(=O)NCC(C)(O)CC(=O)O)c(C)s1. The van der Waals surface area contributed by atoms with Crippen molar-refractivity contribution in [1.29, 1.82) is 0 Å². The fourth-order valence-corrected chi connectivity index (χ4v) is 3.09. The Morgan fingerprint density at radius 3 is 2.52 bits per heavy atom. The highest BCUT2D eigenvalue weighted by atomic mass is 32.1. The summed E-state index contributed by atoms with van der Waals surface area (Å²) in [4.78, 5) is 24.7. The van der Waals surface area contributed by atoms with Crippen molar-refractivity contribution in [2.24, 2.45) is 0 Å². The Hall–Kier alpha value is -1.60. The third-order valence-corrected chi connectivity index (χ3v) is 4.04. The summed E-state index contributed by atoms with van der Waals surface area (Å²) in [6.45, 7) is 7.14. The molecule has 6 nitrogen and oxygen atoms in total. The van der Waals surface area contributed by atoms with Gasteiger partial charge in [0.05, 0.1) is 18.1 Å². The topological polar surface area (TPSA) is 98.7 Å². The number of hydrogen-bond donors (Lipinski definition) is 4. The van der Waals surface area contributed by atoms with Crippen molar-refractivity contribution < 1.29 is 19.8 Å². The number of amides is 2. The number of hydrogen-bond acceptors (Lipinski definition) is 4. The number of aliphatic carboxylic acids is 1. The molecule has 2 amide bonds. The molecular weight excluding hydrogens is 292 g/mol. The van der Waals surface area contributed by atoms with Gasteiger partial charge in [-0.25, -0.2) is 4.79 Å². The van der Waals surface area contributed by atoms with Crippen LogP contribution in [-0.2, 0) is 4.79 Å². The molecule has 21 heavy (non-hydrogen) atoms. The van der Waals surface area contributed by atoms with E-state index in [2.05, 4.69) is 10.6 Å². The summed E-state index contributed by atoms with van der Waals surface area (Å²) < 4.78 is 0. The van der Waals surface area contributed by atoms with Gasteiger partial charge >= 0.3 is 12.0 Å². The number of carbonyl (C=O) groups excluding carboxylic acids is 1. The lowest BCUT2D eigenvalue weighted by molar-refractivity contribution is -0.141. The average Bonchev–Trinajstić information content (AvgIpc) is 2.64. The van der Waals surface area contributed by atoms with E-state index in [-0.39, 0.29) is 12.6 Å². The van der Waals surface area contributed by atoms with Crippen molar-refractivity contribution in [2.45, 2.75) is 45.8 Å². The Morgan fingerprint density at radius 1 is 1.43 bits per heavy atom. The van der Waals surface area contributed by atoms with Crippen molar-refractivity contribution in [2.75, 3.05) is 6.54 Å². The van der Waals surface area contributed by atoms with E-state index in [9.17, 15) is 14.7 Å². The number of carboxylic acids is 1. The molecule has 2 unspecified atom stereocenters. The first kappa shape index (κ1) is 17.5. The standard InChI is InChI=1S/C14H22N2O4S/c1-8-5-11(10(3)21-8)9(2)16-13(19)15-7-14(4,20)6-12(17)18/h5,9,20H,6-7H2,1-4H3,(H,17,18)(H2,15,16,19). The summed E-state index contributed by atoms with van der Waals surface area (Å²) in [5.74, 6) is -1.11. The van der Waals surface area contributed by atoms with Crippen LogP contribution < -0.4 is 10.6 Å². The minimum atomic E-state index is -1.47. The van der Waals surface area contributed by atoms with Crippen LogP contribution in [0.2, 0.25) is 0 Å². The summed E-state index contributed by atoms with van der Waals surface area (Å²) in [5.41, 5.74) is -0.411. The molecule has 1 rings (SSSR count). The van der Waals surface area contributed by atoms with Crippen LogP contribution in [0.15, 0.2) is 6.07 Å². The van der Waals surface area contributed by atoms with E-state index >= 15 is 0 Å². The molecule has 7 heteroatoms. The summed E-state index contributed by atoms with van der Waals surface area (Å²) in [5, 5.41) is 23.7. The number of thiophene rings is 1. The molecule has 1 aromatic rings. The quantitative estimate of drug-likeness (QED) is 0.645. The lowest BCUT2D eigenvalue weighted by Gasteiger charge is -2.22. The van der Waals surface area contributed by atoms with Crippen molar-refractivity contribution in [3.8, 4) is 0 Å². The first-order valence-electron chi connectivity index (χ1n) is 6.66. The molecule has 0 saturated carbocycles. The molecule has 0 aliphatic carbocycles. The van der Waals surface area contributed by atoms with Crippen molar-refractivity contribution in [1.82, 2.24) is 10.6 Å². The zero-order valence-corrected chi connectivity index (χ0v) is 13.5. The van der Waals surface area contributed by atoms with Crippen LogP contribution >= 0.6 is 11.3 Å². The van der Waals surface area contributed by atoms with Gasteiger partial charge in [0.2, 0.25) is 0 Å². The highest BCUT2D eigenvalue weighted by Crippen LogP contribution is 2.25. The Balaban J connectivity index is 2.50. The maximum atomic E-state index is 11.8. The van der Waals surface area contributed by atoms with Crippen molar-refractivity contribution >= 4 is 23.3 Å². The fraction of sp³-hybridized carbons (Fsp3) is 0.571. The molecule has 1 heterocycles. The van der Waals surface area contributed by atoms with Gasteiger partial charge in [0, 0.05) is 16.3 Å². The Labute approximate surface area is 128 Å². The highest BCUT2D eigenvalue weighted by Gasteiger charge is 2.25. The minimum absolute atomic E-state index is 0.125. The Bertz CT molecular complexity index is 525. The molecule has 4 N–H and O–H groups in total. The van der Waals surface area contributed by atoms with Crippen molar-refractivity contribution in [3.63, 3.8) is 0 Å². The Morgan fingerprint density at radius 2 is 2.05 bits per heavy atom. The van der Waals surface area contributed by atoms with E-state index in [1.54, 1.807) is 11.3 Å². The molecule has 0 radical (unpaired) electrons. The van der Waals surface area contributed by atoms with Crippen LogP contribution in [0.3, 0.4) is 0 Å². The summed E-state index contributed by atoms with van der Waals surface area (Å²) in [6.07, 6.45) is -0.425. The summed E-state index contributed by atoms with van der Waals surface area (Å²) >= 11 is 1.67. The second-order valence-electron chi connectivity index (χ2n) is 5.48. The zero-order valence-electron chi connectivity index (χ0n) is 12.7. The Kier molecular flexibility index (Phi) is 5.74. The number of carbonyl (C=O) groups is 2. The van der Waals surface area contributed by atoms with E-state index in [4.69, 9.17) is 5.11 Å². The molecule has 118 valence electrons. The molecule has 0 bridgehead atoms. The number of rotatable bonds is 6. The second-order valence-corrected chi connectivity index (χ2v) is 6.95. The van der Waals surface area contributed by atoms with Gasteiger partial charge in [-0.1, -0.05) is 0 Å². The molecule has 0 aromatic carbocycles. The van der Waals surface area contributed by atoms with Crippen LogP contribution in [0, 0.1) is 13.8 Å². The monoisotopic (exact) mass is 314 g/mol. The highest BCUT2D eigenvalue weighted by molar-refractivity contribution is 7.12. The van der Waals surface area contributed by atoms with Crippen LogP contribution in [0.25, 0.3) is 0 Å². The van der Waals surface area contributed by atoms with Crippen LogP contribution in [0.4, 0.5) is 4.79 Å². The van der Waals surface area contributed by atoms with E-state index in [0.29, 0.717) is 0 Å². The van der Waals surface area contributed by atoms with E-state index in [1.807, 2.05) is 26.8 Å².